The van der Waals surface area contributed by atoms with E-state index in [0.717, 1.165) is 49.3 Å². The van der Waals surface area contributed by atoms with Crippen LogP contribution < -0.4 is 4.74 Å². The molecule has 1 fully saturated rings. The summed E-state index contributed by atoms with van der Waals surface area (Å²) in [4.78, 5) is 0. The minimum Gasteiger partial charge on any atom is -0.406 e. The highest BCUT2D eigenvalue weighted by Gasteiger charge is 2.43. The van der Waals surface area contributed by atoms with Gasteiger partial charge in [-0.3, -0.25) is 0 Å². The number of fused-ring (bicyclic) bond motifs is 3. The number of alkyl halides is 3. The summed E-state index contributed by atoms with van der Waals surface area (Å²) < 4.78 is 70.2. The average molecular weight is 450 g/mol. The van der Waals surface area contributed by atoms with E-state index in [9.17, 15) is 22.0 Å². The Balaban J connectivity index is 1.67. The fourth-order valence-corrected chi connectivity index (χ4v) is 5.89. The summed E-state index contributed by atoms with van der Waals surface area (Å²) in [6.45, 7) is 1.98. The highest BCUT2D eigenvalue weighted by molar-refractivity contribution is 5.39. The Bertz CT molecular complexity index is 963. The summed E-state index contributed by atoms with van der Waals surface area (Å²) in [5.74, 6) is -0.529. The monoisotopic (exact) mass is 450 g/mol. The van der Waals surface area contributed by atoms with Crippen molar-refractivity contribution in [3.8, 4) is 5.75 Å². The van der Waals surface area contributed by atoms with Crippen molar-refractivity contribution in [1.29, 1.82) is 0 Å². The molecule has 1 nitrogen and oxygen atoms in total. The largest absolute Gasteiger partial charge is 0.573 e. The number of rotatable bonds is 5. The lowest BCUT2D eigenvalue weighted by molar-refractivity contribution is -0.274. The first-order valence-corrected chi connectivity index (χ1v) is 11.2. The van der Waals surface area contributed by atoms with Gasteiger partial charge in [0.25, 0.3) is 0 Å². The van der Waals surface area contributed by atoms with E-state index in [0.29, 0.717) is 17.9 Å². The zero-order chi connectivity index (χ0) is 22.9. The Labute approximate surface area is 185 Å². The number of hydrogen-bond acceptors (Lipinski definition) is 1. The van der Waals surface area contributed by atoms with Gasteiger partial charge in [0, 0.05) is 6.07 Å². The summed E-state index contributed by atoms with van der Waals surface area (Å²) in [5.41, 5.74) is 2.36. The first-order valence-electron chi connectivity index (χ1n) is 11.2. The van der Waals surface area contributed by atoms with Crippen molar-refractivity contribution in [2.24, 2.45) is 11.8 Å². The van der Waals surface area contributed by atoms with Crippen LogP contribution in [0.15, 0.2) is 48.6 Å². The van der Waals surface area contributed by atoms with E-state index in [2.05, 4.69) is 10.8 Å². The molecule has 0 spiro atoms. The molecule has 0 heterocycles. The molecule has 0 bridgehead atoms. The molecule has 2 aliphatic rings. The van der Waals surface area contributed by atoms with Gasteiger partial charge in [0.05, 0.1) is 0 Å². The highest BCUT2D eigenvalue weighted by Crippen LogP contribution is 2.55. The van der Waals surface area contributed by atoms with E-state index >= 15 is 0 Å². The third-order valence-corrected chi connectivity index (χ3v) is 7.09. The zero-order valence-corrected chi connectivity index (χ0v) is 18.0. The molecular formula is C26H27F5O. The summed E-state index contributed by atoms with van der Waals surface area (Å²) in [6, 6.07) is 8.61. The van der Waals surface area contributed by atoms with Crippen molar-refractivity contribution < 1.29 is 26.7 Å². The topological polar surface area (TPSA) is 9.23 Å². The lowest BCUT2D eigenvalue weighted by Gasteiger charge is -2.47. The number of allylic oxidation sites excluding steroid dienone is 2. The van der Waals surface area contributed by atoms with Gasteiger partial charge < -0.3 is 4.74 Å². The van der Waals surface area contributed by atoms with Crippen molar-refractivity contribution in [2.45, 2.75) is 63.6 Å². The maximum Gasteiger partial charge on any atom is 0.573 e. The molecule has 2 aromatic carbocycles. The predicted octanol–water partition coefficient (Wildman–Crippen LogP) is 8.06. The molecule has 1 saturated carbocycles. The van der Waals surface area contributed by atoms with Crippen molar-refractivity contribution in [3.05, 3.63) is 76.9 Å². The third-order valence-electron chi connectivity index (χ3n) is 7.09. The van der Waals surface area contributed by atoms with Crippen molar-refractivity contribution in [3.63, 3.8) is 0 Å². The van der Waals surface area contributed by atoms with Gasteiger partial charge in [-0.1, -0.05) is 24.3 Å². The standard InChI is InChI=1S/C26H27F5O/c1-2-3-4-5-16-8-11-20-22(13-12-21-23(20)14-18(27)15-24(21)28)25(16)17-6-9-19(10-7-17)32-26(29,30)31/h2-3,6-7,9-10,14-16,20,22,25H,4-5,8,11-13H2,1H3. The molecular weight excluding hydrogens is 423 g/mol. The van der Waals surface area contributed by atoms with Crippen LogP contribution >= 0.6 is 0 Å². The first-order chi connectivity index (χ1) is 15.3. The van der Waals surface area contributed by atoms with Crippen LogP contribution in [-0.2, 0) is 6.42 Å². The lowest BCUT2D eigenvalue weighted by atomic mass is 9.57. The summed E-state index contributed by atoms with van der Waals surface area (Å²) in [5, 5.41) is 0. The highest BCUT2D eigenvalue weighted by atomic mass is 19.4. The van der Waals surface area contributed by atoms with Crippen LogP contribution in [0.3, 0.4) is 0 Å². The molecule has 0 aromatic heterocycles. The van der Waals surface area contributed by atoms with Gasteiger partial charge in [-0.05, 0) is 104 Å². The molecule has 0 N–H and O–H groups in total. The molecule has 6 heteroatoms. The second kappa shape index (κ2) is 9.24. The quantitative estimate of drug-likeness (QED) is 0.331. The number of benzene rings is 2. The first kappa shape index (κ1) is 22.8. The Hall–Kier alpha value is -2.37. The summed E-state index contributed by atoms with van der Waals surface area (Å²) in [7, 11) is 0. The second-order valence-corrected chi connectivity index (χ2v) is 8.89. The minimum absolute atomic E-state index is 0.0537. The zero-order valence-electron chi connectivity index (χ0n) is 18.0. The van der Waals surface area contributed by atoms with Crippen LogP contribution in [0, 0.1) is 23.5 Å². The normalized spacial score (nSPS) is 25.4. The molecule has 2 aliphatic carbocycles. The Morgan fingerprint density at radius 3 is 2.47 bits per heavy atom. The summed E-state index contributed by atoms with van der Waals surface area (Å²) >= 11 is 0. The van der Waals surface area contributed by atoms with E-state index in [1.807, 2.05) is 13.0 Å². The van der Waals surface area contributed by atoms with E-state index in [4.69, 9.17) is 0 Å². The van der Waals surface area contributed by atoms with Crippen molar-refractivity contribution in [1.82, 2.24) is 0 Å². The van der Waals surface area contributed by atoms with Crippen LogP contribution in [0.25, 0.3) is 0 Å². The molecule has 0 radical (unpaired) electrons. The fraction of sp³-hybridized carbons (Fsp3) is 0.462. The van der Waals surface area contributed by atoms with E-state index < -0.39 is 18.0 Å². The van der Waals surface area contributed by atoms with Gasteiger partial charge in [0.1, 0.15) is 17.4 Å². The molecule has 4 rings (SSSR count). The van der Waals surface area contributed by atoms with Gasteiger partial charge in [-0.15, -0.1) is 13.2 Å². The van der Waals surface area contributed by atoms with E-state index in [1.54, 1.807) is 12.1 Å². The second-order valence-electron chi connectivity index (χ2n) is 8.89. The van der Waals surface area contributed by atoms with Gasteiger partial charge in [0.2, 0.25) is 0 Å². The Morgan fingerprint density at radius 1 is 1.03 bits per heavy atom. The summed E-state index contributed by atoms with van der Waals surface area (Å²) in [6.07, 6.45) is 4.45. The van der Waals surface area contributed by atoms with Crippen LogP contribution in [0.4, 0.5) is 22.0 Å². The van der Waals surface area contributed by atoms with Crippen LogP contribution in [0.1, 0.15) is 67.6 Å². The van der Waals surface area contributed by atoms with Crippen molar-refractivity contribution in [2.75, 3.05) is 0 Å². The number of ether oxygens (including phenoxy) is 1. The van der Waals surface area contributed by atoms with Crippen LogP contribution in [0.2, 0.25) is 0 Å². The molecule has 172 valence electrons. The molecule has 32 heavy (non-hydrogen) atoms. The molecule has 0 saturated heterocycles. The lowest BCUT2D eigenvalue weighted by Crippen LogP contribution is -2.35. The Kier molecular flexibility index (Phi) is 6.59. The smallest absolute Gasteiger partial charge is 0.406 e. The van der Waals surface area contributed by atoms with E-state index in [-0.39, 0.29) is 23.5 Å². The maximum atomic E-state index is 14.4. The molecule has 4 unspecified atom stereocenters. The van der Waals surface area contributed by atoms with Crippen LogP contribution in [-0.4, -0.2) is 6.36 Å². The molecule has 0 aliphatic heterocycles. The fourth-order valence-electron chi connectivity index (χ4n) is 5.89. The van der Waals surface area contributed by atoms with Gasteiger partial charge in [-0.2, -0.15) is 0 Å². The minimum atomic E-state index is -4.73. The molecule has 0 amide bonds. The maximum absolute atomic E-state index is 14.4. The van der Waals surface area contributed by atoms with Gasteiger partial charge >= 0.3 is 6.36 Å². The third kappa shape index (κ3) is 4.84. The van der Waals surface area contributed by atoms with Gasteiger partial charge in [0.15, 0.2) is 0 Å². The van der Waals surface area contributed by atoms with Crippen LogP contribution in [0.5, 0.6) is 5.75 Å². The number of hydrogen-bond donors (Lipinski definition) is 0. The van der Waals surface area contributed by atoms with Crippen molar-refractivity contribution >= 4 is 0 Å². The predicted molar refractivity (Wildman–Crippen MR) is 114 cm³/mol. The van der Waals surface area contributed by atoms with Gasteiger partial charge in [-0.25, -0.2) is 8.78 Å². The Morgan fingerprint density at radius 2 is 1.78 bits per heavy atom. The average Bonchev–Trinajstić information content (AvgIpc) is 2.73. The molecule has 4 atom stereocenters. The number of halogens is 5. The van der Waals surface area contributed by atoms with E-state index in [1.165, 1.54) is 18.2 Å². The SMILES string of the molecule is CC=CCCC1CCC2c3cc(F)cc(F)c3CCC2C1c1ccc(OC(F)(F)F)cc1. The molecule has 2 aromatic rings.